The summed E-state index contributed by atoms with van der Waals surface area (Å²) in [5.41, 5.74) is 6.22. The quantitative estimate of drug-likeness (QED) is 0.765. The van der Waals surface area contributed by atoms with Gasteiger partial charge in [0, 0.05) is 19.3 Å². The van der Waals surface area contributed by atoms with Gasteiger partial charge in [-0.05, 0) is 18.1 Å². The molecule has 6 heteroatoms. The molecular formula is C12H17N3O2S. The topological polar surface area (TPSA) is 76.3 Å². The lowest BCUT2D eigenvalue weighted by molar-refractivity contribution is 0.443. The third kappa shape index (κ3) is 3.29. The van der Waals surface area contributed by atoms with Gasteiger partial charge in [0.05, 0.1) is 6.54 Å². The molecule has 18 heavy (non-hydrogen) atoms. The van der Waals surface area contributed by atoms with E-state index in [2.05, 4.69) is 10.9 Å². The van der Waals surface area contributed by atoms with Crippen LogP contribution in [0.3, 0.4) is 0 Å². The lowest BCUT2D eigenvalue weighted by atomic mass is 10.3. The molecule has 0 unspecified atom stereocenters. The van der Waals surface area contributed by atoms with Gasteiger partial charge in [-0.3, -0.25) is 0 Å². The van der Waals surface area contributed by atoms with Crippen LogP contribution in [-0.2, 0) is 16.6 Å². The van der Waals surface area contributed by atoms with Gasteiger partial charge >= 0.3 is 0 Å². The fraction of sp³-hybridized carbons (Fsp3) is 0.417. The van der Waals surface area contributed by atoms with Crippen molar-refractivity contribution < 1.29 is 8.42 Å². The average molecular weight is 267 g/mol. The Hall–Kier alpha value is -1.42. The minimum Gasteiger partial charge on any atom is -0.326 e. The summed E-state index contributed by atoms with van der Waals surface area (Å²) in [6.07, 6.45) is 7.35. The Morgan fingerprint density at radius 3 is 2.67 bits per heavy atom. The van der Waals surface area contributed by atoms with Crippen LogP contribution in [0.1, 0.15) is 18.9 Å². The molecule has 0 aliphatic rings. The average Bonchev–Trinajstić information content (AvgIpc) is 2.38. The van der Waals surface area contributed by atoms with Gasteiger partial charge in [-0.25, -0.2) is 13.4 Å². The number of nitrogens with two attached hydrogens (primary N) is 1. The first kappa shape index (κ1) is 14.6. The summed E-state index contributed by atoms with van der Waals surface area (Å²) >= 11 is 0. The van der Waals surface area contributed by atoms with E-state index in [0.717, 1.165) is 5.56 Å². The van der Waals surface area contributed by atoms with Gasteiger partial charge in [0.25, 0.3) is 10.0 Å². The smallest absolute Gasteiger partial charge is 0.261 e. The lowest BCUT2D eigenvalue weighted by Gasteiger charge is -2.18. The molecular weight excluding hydrogens is 250 g/mol. The van der Waals surface area contributed by atoms with E-state index in [1.54, 1.807) is 6.07 Å². The van der Waals surface area contributed by atoms with Gasteiger partial charge in [0.15, 0.2) is 5.03 Å². The van der Waals surface area contributed by atoms with Gasteiger partial charge < -0.3 is 5.73 Å². The molecule has 0 amide bonds. The van der Waals surface area contributed by atoms with Crippen LogP contribution in [0.2, 0.25) is 0 Å². The largest absolute Gasteiger partial charge is 0.326 e. The summed E-state index contributed by atoms with van der Waals surface area (Å²) in [5, 5.41) is 0.00315. The fourth-order valence-electron chi connectivity index (χ4n) is 1.45. The molecule has 0 atom stereocenters. The Morgan fingerprint density at radius 1 is 1.50 bits per heavy atom. The van der Waals surface area contributed by atoms with Crippen molar-refractivity contribution in [2.45, 2.75) is 24.9 Å². The molecule has 0 aliphatic heterocycles. The summed E-state index contributed by atoms with van der Waals surface area (Å²) in [4.78, 5) is 3.93. The van der Waals surface area contributed by atoms with Crippen LogP contribution in [0.4, 0.5) is 0 Å². The van der Waals surface area contributed by atoms with Crippen molar-refractivity contribution in [2.24, 2.45) is 5.73 Å². The molecule has 2 N–H and O–H groups in total. The predicted octanol–water partition coefficient (Wildman–Crippen LogP) is 0.574. The predicted molar refractivity (Wildman–Crippen MR) is 70.0 cm³/mol. The van der Waals surface area contributed by atoms with Crippen molar-refractivity contribution in [1.82, 2.24) is 9.29 Å². The number of aromatic nitrogens is 1. The van der Waals surface area contributed by atoms with Gasteiger partial charge in [-0.1, -0.05) is 18.9 Å². The van der Waals surface area contributed by atoms with Crippen LogP contribution in [-0.4, -0.2) is 30.8 Å². The summed E-state index contributed by atoms with van der Waals surface area (Å²) in [6.45, 7) is 2.66. The minimum atomic E-state index is -3.61. The number of pyridine rings is 1. The van der Waals surface area contributed by atoms with Crippen molar-refractivity contribution >= 4 is 10.0 Å². The molecule has 0 fully saturated rings. The summed E-state index contributed by atoms with van der Waals surface area (Å²) in [5.74, 6) is 2.35. The maximum absolute atomic E-state index is 12.2. The first-order valence-electron chi connectivity index (χ1n) is 5.64. The Bertz CT molecular complexity index is 517. The molecule has 0 aromatic carbocycles. The highest BCUT2D eigenvalue weighted by Crippen LogP contribution is 2.13. The van der Waals surface area contributed by atoms with Gasteiger partial charge in [-0.2, -0.15) is 4.31 Å². The Kier molecular flexibility index (Phi) is 5.28. The number of nitrogens with zero attached hydrogens (tertiary/aromatic N) is 2. The highest BCUT2D eigenvalue weighted by atomic mass is 32.2. The lowest BCUT2D eigenvalue weighted by Crippen LogP contribution is -2.32. The second kappa shape index (κ2) is 6.50. The van der Waals surface area contributed by atoms with E-state index in [0.29, 0.717) is 19.5 Å². The van der Waals surface area contributed by atoms with Gasteiger partial charge in [0.2, 0.25) is 0 Å². The zero-order valence-corrected chi connectivity index (χ0v) is 11.2. The highest BCUT2D eigenvalue weighted by Gasteiger charge is 2.24. The second-order valence-electron chi connectivity index (χ2n) is 3.75. The SMILES string of the molecule is C#CCN(CCC)S(=O)(=O)c1ccc(CN)cn1. The maximum atomic E-state index is 12.2. The number of hydrogen-bond acceptors (Lipinski definition) is 4. The zero-order chi connectivity index (χ0) is 13.6. The fourth-order valence-corrected chi connectivity index (χ4v) is 2.81. The van der Waals surface area contributed by atoms with Crippen LogP contribution >= 0.6 is 0 Å². The molecule has 0 spiro atoms. The van der Waals surface area contributed by atoms with Crippen molar-refractivity contribution in [3.8, 4) is 12.3 Å². The standard InChI is InChI=1S/C12H17N3O2S/c1-3-7-15(8-4-2)18(16,17)12-6-5-11(9-13)10-14-12/h1,5-6,10H,4,7-9,13H2,2H3. The first-order valence-corrected chi connectivity index (χ1v) is 7.08. The van der Waals surface area contributed by atoms with Crippen LogP contribution < -0.4 is 5.73 Å². The Balaban J connectivity index is 3.06. The normalized spacial score (nSPS) is 11.4. The second-order valence-corrected chi connectivity index (χ2v) is 5.64. The molecule has 0 saturated carbocycles. The van der Waals surface area contributed by atoms with E-state index in [-0.39, 0.29) is 11.6 Å². The molecule has 1 rings (SSSR count). The first-order chi connectivity index (χ1) is 8.56. The van der Waals surface area contributed by atoms with E-state index < -0.39 is 10.0 Å². The van der Waals surface area contributed by atoms with Crippen molar-refractivity contribution in [3.63, 3.8) is 0 Å². The van der Waals surface area contributed by atoms with Crippen LogP contribution in [0.5, 0.6) is 0 Å². The number of sulfonamides is 1. The van der Waals surface area contributed by atoms with Crippen molar-refractivity contribution in [3.05, 3.63) is 23.9 Å². The highest BCUT2D eigenvalue weighted by molar-refractivity contribution is 7.89. The monoisotopic (exact) mass is 267 g/mol. The van der Waals surface area contributed by atoms with Crippen molar-refractivity contribution in [1.29, 1.82) is 0 Å². The molecule has 0 saturated heterocycles. The van der Waals surface area contributed by atoms with Crippen LogP contribution in [0, 0.1) is 12.3 Å². The number of hydrogen-bond donors (Lipinski definition) is 1. The van der Waals surface area contributed by atoms with E-state index in [9.17, 15) is 8.42 Å². The van der Waals surface area contributed by atoms with Gasteiger partial charge in [-0.15, -0.1) is 6.42 Å². The molecule has 0 bridgehead atoms. The van der Waals surface area contributed by atoms with Crippen LogP contribution in [0.15, 0.2) is 23.4 Å². The van der Waals surface area contributed by atoms with Gasteiger partial charge in [0.1, 0.15) is 0 Å². The molecule has 98 valence electrons. The molecule has 5 nitrogen and oxygen atoms in total. The van der Waals surface area contributed by atoms with E-state index >= 15 is 0 Å². The van der Waals surface area contributed by atoms with E-state index in [1.165, 1.54) is 16.6 Å². The molecule has 1 aromatic rings. The third-order valence-corrected chi connectivity index (χ3v) is 4.14. The Morgan fingerprint density at radius 2 is 2.22 bits per heavy atom. The maximum Gasteiger partial charge on any atom is 0.261 e. The van der Waals surface area contributed by atoms with Crippen LogP contribution in [0.25, 0.3) is 0 Å². The number of terminal acetylenes is 1. The van der Waals surface area contributed by atoms with E-state index in [4.69, 9.17) is 12.2 Å². The summed E-state index contributed by atoms with van der Waals surface area (Å²) in [6, 6.07) is 3.11. The third-order valence-electron chi connectivity index (χ3n) is 2.38. The Labute approximate surface area is 108 Å². The zero-order valence-electron chi connectivity index (χ0n) is 10.3. The summed E-state index contributed by atoms with van der Waals surface area (Å²) < 4.78 is 25.7. The van der Waals surface area contributed by atoms with E-state index in [1.807, 2.05) is 6.92 Å². The van der Waals surface area contributed by atoms with Crippen molar-refractivity contribution in [2.75, 3.05) is 13.1 Å². The number of rotatable bonds is 6. The molecule has 1 heterocycles. The molecule has 0 radical (unpaired) electrons. The molecule has 1 aromatic heterocycles. The minimum absolute atomic E-state index is 0.00315. The summed E-state index contributed by atoms with van der Waals surface area (Å²) in [7, 11) is -3.61. The molecule has 0 aliphatic carbocycles.